The third-order valence-electron chi connectivity index (χ3n) is 3.00. The van der Waals surface area contributed by atoms with Crippen LogP contribution >= 0.6 is 11.3 Å². The molecule has 0 saturated heterocycles. The van der Waals surface area contributed by atoms with Crippen LogP contribution in [0.2, 0.25) is 0 Å². The maximum Gasteiger partial charge on any atom is 0.276 e. The number of thiazole rings is 1. The summed E-state index contributed by atoms with van der Waals surface area (Å²) >= 11 is 1.27. The van der Waals surface area contributed by atoms with E-state index in [1.54, 1.807) is 30.6 Å². The minimum Gasteiger partial charge on any atom is -0.375 e. The number of hydrogen-bond donors (Lipinski definition) is 1. The van der Waals surface area contributed by atoms with E-state index in [0.29, 0.717) is 22.1 Å². The number of hydrogen-bond acceptors (Lipinski definition) is 5. The predicted octanol–water partition coefficient (Wildman–Crippen LogP) is 2.29. The van der Waals surface area contributed by atoms with E-state index in [9.17, 15) is 9.18 Å². The van der Waals surface area contributed by atoms with Gasteiger partial charge in [-0.3, -0.25) is 4.79 Å². The first-order chi connectivity index (χ1) is 10.0. The third-order valence-corrected chi connectivity index (χ3v) is 3.67. The van der Waals surface area contributed by atoms with Crippen LogP contribution in [0.25, 0.3) is 22.5 Å². The number of nitrogens with zero attached hydrogens (tertiary/aromatic N) is 3. The Labute approximate surface area is 123 Å². The number of aromatic nitrogens is 3. The minimum absolute atomic E-state index is 0.258. The molecule has 0 saturated carbocycles. The van der Waals surface area contributed by atoms with Crippen LogP contribution in [0.3, 0.4) is 0 Å². The second-order valence-electron chi connectivity index (χ2n) is 4.45. The molecule has 0 radical (unpaired) electrons. The van der Waals surface area contributed by atoms with E-state index in [1.807, 2.05) is 0 Å². The van der Waals surface area contributed by atoms with Crippen molar-refractivity contribution < 1.29 is 4.39 Å². The molecule has 7 heteroatoms. The van der Waals surface area contributed by atoms with Crippen molar-refractivity contribution in [2.75, 3.05) is 5.73 Å². The molecule has 0 unspecified atom stereocenters. The lowest BCUT2D eigenvalue weighted by molar-refractivity contribution is 0.628. The van der Waals surface area contributed by atoms with Crippen LogP contribution in [0.4, 0.5) is 9.52 Å². The molecule has 0 fully saturated rings. The molecule has 0 aliphatic rings. The molecule has 3 aromatic rings. The zero-order valence-corrected chi connectivity index (χ0v) is 11.9. The highest BCUT2D eigenvalue weighted by Crippen LogP contribution is 2.24. The van der Waals surface area contributed by atoms with Gasteiger partial charge in [-0.2, -0.15) is 5.10 Å². The molecular formula is C14H11FN4OS. The zero-order chi connectivity index (χ0) is 15.0. The summed E-state index contributed by atoms with van der Waals surface area (Å²) < 4.78 is 14.2. The zero-order valence-electron chi connectivity index (χ0n) is 11.1. The normalized spacial score (nSPS) is 10.8. The van der Waals surface area contributed by atoms with Crippen LogP contribution in [-0.2, 0) is 7.05 Å². The molecule has 5 nitrogen and oxygen atoms in total. The first-order valence-corrected chi connectivity index (χ1v) is 6.98. The maximum atomic E-state index is 13.0. The number of anilines is 1. The summed E-state index contributed by atoms with van der Waals surface area (Å²) in [6, 6.07) is 7.57. The quantitative estimate of drug-likeness (QED) is 0.788. The Balaban J connectivity index is 2.18. The summed E-state index contributed by atoms with van der Waals surface area (Å²) in [5.41, 5.74) is 7.57. The third kappa shape index (κ3) is 2.55. The lowest BCUT2D eigenvalue weighted by Crippen LogP contribution is -2.21. The van der Waals surface area contributed by atoms with Crippen molar-refractivity contribution in [3.63, 3.8) is 0 Å². The number of aryl methyl sites for hydroxylation is 1. The van der Waals surface area contributed by atoms with E-state index in [4.69, 9.17) is 5.73 Å². The van der Waals surface area contributed by atoms with Gasteiger partial charge in [-0.1, -0.05) is 0 Å². The van der Waals surface area contributed by atoms with Crippen LogP contribution in [-0.4, -0.2) is 14.8 Å². The molecule has 106 valence electrons. The Bertz CT molecular complexity index is 854. The molecule has 0 spiro atoms. The minimum atomic E-state index is -0.323. The number of benzene rings is 1. The van der Waals surface area contributed by atoms with E-state index in [0.717, 1.165) is 5.56 Å². The van der Waals surface area contributed by atoms with E-state index in [1.165, 1.54) is 28.2 Å². The average molecular weight is 302 g/mol. The van der Waals surface area contributed by atoms with Gasteiger partial charge in [0.2, 0.25) is 0 Å². The van der Waals surface area contributed by atoms with Crippen LogP contribution in [0.15, 0.2) is 40.5 Å². The van der Waals surface area contributed by atoms with Crippen molar-refractivity contribution >= 4 is 16.5 Å². The molecule has 0 amide bonds. The highest BCUT2D eigenvalue weighted by Gasteiger charge is 2.12. The molecule has 2 heterocycles. The van der Waals surface area contributed by atoms with Crippen molar-refractivity contribution in [1.82, 2.24) is 14.8 Å². The van der Waals surface area contributed by atoms with E-state index >= 15 is 0 Å². The largest absolute Gasteiger partial charge is 0.375 e. The molecule has 2 aromatic heterocycles. The number of rotatable bonds is 2. The summed E-state index contributed by atoms with van der Waals surface area (Å²) in [5, 5.41) is 6.31. The average Bonchev–Trinajstić information content (AvgIpc) is 2.89. The fourth-order valence-electron chi connectivity index (χ4n) is 1.97. The highest BCUT2D eigenvalue weighted by atomic mass is 32.1. The summed E-state index contributed by atoms with van der Waals surface area (Å²) in [6.45, 7) is 0. The Morgan fingerprint density at radius 2 is 1.95 bits per heavy atom. The van der Waals surface area contributed by atoms with Gasteiger partial charge >= 0.3 is 0 Å². The Morgan fingerprint density at radius 3 is 2.57 bits per heavy atom. The number of nitrogen functional groups attached to an aromatic ring is 1. The van der Waals surface area contributed by atoms with Crippen molar-refractivity contribution in [3.05, 3.63) is 51.9 Å². The molecule has 0 aliphatic carbocycles. The summed E-state index contributed by atoms with van der Waals surface area (Å²) in [7, 11) is 1.56. The van der Waals surface area contributed by atoms with Gasteiger partial charge in [-0.05, 0) is 30.3 Å². The van der Waals surface area contributed by atoms with Gasteiger partial charge in [0.15, 0.2) is 5.13 Å². The first kappa shape index (κ1) is 13.4. The van der Waals surface area contributed by atoms with Gasteiger partial charge in [0.05, 0.1) is 17.0 Å². The summed E-state index contributed by atoms with van der Waals surface area (Å²) in [6.07, 6.45) is 0. The fourth-order valence-corrected chi connectivity index (χ4v) is 2.53. The maximum absolute atomic E-state index is 13.0. The van der Waals surface area contributed by atoms with Gasteiger partial charge in [0, 0.05) is 18.0 Å². The van der Waals surface area contributed by atoms with Crippen molar-refractivity contribution in [2.24, 2.45) is 7.05 Å². The number of halogens is 1. The topological polar surface area (TPSA) is 73.8 Å². The second-order valence-corrected chi connectivity index (χ2v) is 5.34. The predicted molar refractivity (Wildman–Crippen MR) is 80.4 cm³/mol. The molecule has 3 rings (SSSR count). The van der Waals surface area contributed by atoms with Gasteiger partial charge in [0.25, 0.3) is 5.56 Å². The van der Waals surface area contributed by atoms with Crippen molar-refractivity contribution in [1.29, 1.82) is 0 Å². The van der Waals surface area contributed by atoms with Crippen LogP contribution < -0.4 is 11.3 Å². The second kappa shape index (κ2) is 5.10. The molecule has 0 bridgehead atoms. The van der Waals surface area contributed by atoms with Gasteiger partial charge < -0.3 is 5.73 Å². The van der Waals surface area contributed by atoms with Gasteiger partial charge in [0.1, 0.15) is 5.82 Å². The van der Waals surface area contributed by atoms with E-state index < -0.39 is 0 Å². The smallest absolute Gasteiger partial charge is 0.276 e. The monoisotopic (exact) mass is 302 g/mol. The van der Waals surface area contributed by atoms with E-state index in [-0.39, 0.29) is 11.4 Å². The van der Waals surface area contributed by atoms with Crippen LogP contribution in [0.1, 0.15) is 0 Å². The Kier molecular flexibility index (Phi) is 3.26. The fraction of sp³-hybridized carbons (Fsp3) is 0.0714. The first-order valence-electron chi connectivity index (χ1n) is 6.10. The molecule has 0 atom stereocenters. The van der Waals surface area contributed by atoms with Crippen molar-refractivity contribution in [2.45, 2.75) is 0 Å². The number of nitrogens with two attached hydrogens (primary N) is 1. The molecule has 2 N–H and O–H groups in total. The van der Waals surface area contributed by atoms with Crippen LogP contribution in [0, 0.1) is 5.82 Å². The molecule has 1 aromatic carbocycles. The van der Waals surface area contributed by atoms with Gasteiger partial charge in [-0.25, -0.2) is 14.1 Å². The standard InChI is InChI=1S/C14H11FN4OS/c1-19-13(20)10(12-7-21-14(16)17-12)6-11(18-19)8-2-4-9(15)5-3-8/h2-7H,1H3,(H2,16,17). The highest BCUT2D eigenvalue weighted by molar-refractivity contribution is 7.13. The van der Waals surface area contributed by atoms with Crippen molar-refractivity contribution in [3.8, 4) is 22.5 Å². The lowest BCUT2D eigenvalue weighted by Gasteiger charge is -2.06. The summed E-state index contributed by atoms with van der Waals surface area (Å²) in [5.74, 6) is -0.323. The SMILES string of the molecule is Cn1nc(-c2ccc(F)cc2)cc(-c2csc(N)n2)c1=O. The molecule has 21 heavy (non-hydrogen) atoms. The van der Waals surface area contributed by atoms with E-state index in [2.05, 4.69) is 10.1 Å². The molecular weight excluding hydrogens is 291 g/mol. The summed E-state index contributed by atoms with van der Waals surface area (Å²) in [4.78, 5) is 16.3. The Hall–Kier alpha value is -2.54. The lowest BCUT2D eigenvalue weighted by atomic mass is 10.1. The molecule has 0 aliphatic heterocycles. The Morgan fingerprint density at radius 1 is 1.24 bits per heavy atom. The van der Waals surface area contributed by atoms with Gasteiger partial charge in [-0.15, -0.1) is 11.3 Å². The van der Waals surface area contributed by atoms with Crippen LogP contribution in [0.5, 0.6) is 0 Å².